The number of methoxy groups -OCH3 is 1. The zero-order valence-corrected chi connectivity index (χ0v) is 17.2. The number of nitrogens with one attached hydrogen (secondary N) is 1. The predicted octanol–water partition coefficient (Wildman–Crippen LogP) is 3.08. The van der Waals surface area contributed by atoms with E-state index in [1.165, 1.54) is 36.2 Å². The molecule has 0 saturated heterocycles. The minimum absolute atomic E-state index is 0.00578. The van der Waals surface area contributed by atoms with Gasteiger partial charge in [-0.2, -0.15) is 10.2 Å². The molecule has 0 spiro atoms. The molecule has 0 radical (unpaired) electrons. The Morgan fingerprint density at radius 1 is 1.37 bits per heavy atom. The van der Waals surface area contributed by atoms with Crippen LogP contribution in [-0.2, 0) is 6.54 Å². The highest BCUT2D eigenvalue weighted by Gasteiger charge is 2.11. The van der Waals surface area contributed by atoms with E-state index < -0.39 is 10.8 Å². The van der Waals surface area contributed by atoms with Crippen molar-refractivity contribution in [3.8, 4) is 11.5 Å². The molecule has 0 aliphatic rings. The number of hydrazone groups is 1. The van der Waals surface area contributed by atoms with Crippen LogP contribution in [0.4, 0.5) is 5.69 Å². The number of benzene rings is 2. The van der Waals surface area contributed by atoms with Gasteiger partial charge in [0.15, 0.2) is 17.2 Å². The number of non-ortho nitro benzene ring substituents is 1. The van der Waals surface area contributed by atoms with Crippen molar-refractivity contribution in [1.29, 1.82) is 0 Å². The number of carbonyl (C=O) groups excluding carboxylic acids is 1. The van der Waals surface area contributed by atoms with Crippen molar-refractivity contribution in [1.82, 2.24) is 15.2 Å². The van der Waals surface area contributed by atoms with Gasteiger partial charge in [-0.3, -0.25) is 19.6 Å². The number of carbonyl (C=O) groups is 1. The quantitative estimate of drug-likeness (QED) is 0.307. The van der Waals surface area contributed by atoms with E-state index in [2.05, 4.69) is 31.6 Å². The Kier molecular flexibility index (Phi) is 6.42. The smallest absolute Gasteiger partial charge is 0.291 e. The van der Waals surface area contributed by atoms with Gasteiger partial charge in [-0.15, -0.1) is 0 Å². The van der Waals surface area contributed by atoms with Gasteiger partial charge in [-0.25, -0.2) is 5.43 Å². The second-order valence-electron chi connectivity index (χ2n) is 6.07. The molecule has 0 aliphatic carbocycles. The zero-order chi connectivity index (χ0) is 21.7. The first-order chi connectivity index (χ1) is 14.4. The molecule has 0 saturated carbocycles. The fourth-order valence-electron chi connectivity index (χ4n) is 2.55. The molecule has 30 heavy (non-hydrogen) atoms. The summed E-state index contributed by atoms with van der Waals surface area (Å²) in [5.41, 5.74) is 3.64. The Bertz CT molecular complexity index is 1110. The highest BCUT2D eigenvalue weighted by Crippen LogP contribution is 2.32. The van der Waals surface area contributed by atoms with Crippen molar-refractivity contribution in [2.24, 2.45) is 5.10 Å². The molecule has 1 amide bonds. The number of aromatic hydroxyl groups is 1. The molecule has 154 valence electrons. The summed E-state index contributed by atoms with van der Waals surface area (Å²) in [7, 11) is 1.43. The Morgan fingerprint density at radius 2 is 2.10 bits per heavy atom. The molecule has 1 aromatic heterocycles. The summed E-state index contributed by atoms with van der Waals surface area (Å²) in [6, 6.07) is 10.8. The van der Waals surface area contributed by atoms with Crippen molar-refractivity contribution in [2.75, 3.05) is 7.11 Å². The molecule has 10 nitrogen and oxygen atoms in total. The van der Waals surface area contributed by atoms with Crippen molar-refractivity contribution in [3.05, 3.63) is 80.1 Å². The lowest BCUT2D eigenvalue weighted by Crippen LogP contribution is -2.18. The largest absolute Gasteiger partial charge is 0.504 e. The molecule has 0 atom stereocenters. The van der Waals surface area contributed by atoms with Gasteiger partial charge in [-0.05, 0) is 23.8 Å². The summed E-state index contributed by atoms with van der Waals surface area (Å²) >= 11 is 3.30. The van der Waals surface area contributed by atoms with Gasteiger partial charge in [0.2, 0.25) is 0 Å². The Hall–Kier alpha value is -3.73. The summed E-state index contributed by atoms with van der Waals surface area (Å²) in [4.78, 5) is 22.5. The van der Waals surface area contributed by atoms with Gasteiger partial charge in [0.1, 0.15) is 0 Å². The van der Waals surface area contributed by atoms with Gasteiger partial charge >= 0.3 is 0 Å². The lowest BCUT2D eigenvalue weighted by molar-refractivity contribution is -0.384. The monoisotopic (exact) mass is 473 g/mol. The maximum Gasteiger partial charge on any atom is 0.291 e. The van der Waals surface area contributed by atoms with Crippen molar-refractivity contribution >= 4 is 33.7 Å². The van der Waals surface area contributed by atoms with Gasteiger partial charge in [-0.1, -0.05) is 28.1 Å². The van der Waals surface area contributed by atoms with E-state index in [1.807, 2.05) is 0 Å². The van der Waals surface area contributed by atoms with Crippen LogP contribution >= 0.6 is 15.9 Å². The molecule has 0 fully saturated rings. The van der Waals surface area contributed by atoms with Crippen LogP contribution in [0.25, 0.3) is 0 Å². The van der Waals surface area contributed by atoms with E-state index in [1.54, 1.807) is 30.5 Å². The third-order valence-corrected chi connectivity index (χ3v) is 4.48. The standard InChI is InChI=1S/C19H16BrN5O5/c1-30-17-9-14(20)8-13(18(17)26)10-21-22-19(27)16-6-7-24(23-16)11-12-2-4-15(5-3-12)25(28)29/h2-10,26H,11H2,1H3,(H,22,27)/b21-10-. The van der Waals surface area contributed by atoms with Gasteiger partial charge in [0.25, 0.3) is 11.6 Å². The van der Waals surface area contributed by atoms with E-state index in [0.29, 0.717) is 16.6 Å². The molecule has 3 aromatic rings. The number of nitrogens with zero attached hydrogens (tertiary/aromatic N) is 4. The first-order valence-corrected chi connectivity index (χ1v) is 9.33. The molecule has 1 heterocycles. The maximum absolute atomic E-state index is 12.2. The van der Waals surface area contributed by atoms with E-state index in [-0.39, 0.29) is 22.9 Å². The lowest BCUT2D eigenvalue weighted by Gasteiger charge is -2.06. The molecular formula is C19H16BrN5O5. The third-order valence-electron chi connectivity index (χ3n) is 4.02. The number of aromatic nitrogens is 2. The van der Waals surface area contributed by atoms with Crippen molar-refractivity contribution in [2.45, 2.75) is 6.54 Å². The highest BCUT2D eigenvalue weighted by molar-refractivity contribution is 9.10. The highest BCUT2D eigenvalue weighted by atomic mass is 79.9. The molecular weight excluding hydrogens is 458 g/mol. The van der Waals surface area contributed by atoms with Crippen LogP contribution in [0.5, 0.6) is 11.5 Å². The Morgan fingerprint density at radius 3 is 2.77 bits per heavy atom. The SMILES string of the molecule is COc1cc(Br)cc(/C=N\NC(=O)c2ccn(Cc3ccc([N+](=O)[O-])cc3)n2)c1O. The number of phenols is 1. The van der Waals surface area contributed by atoms with E-state index in [4.69, 9.17) is 4.74 Å². The first kappa shape index (κ1) is 21.0. The molecule has 2 N–H and O–H groups in total. The molecule has 3 rings (SSSR count). The summed E-state index contributed by atoms with van der Waals surface area (Å²) in [5.74, 6) is -0.372. The number of rotatable bonds is 7. The first-order valence-electron chi connectivity index (χ1n) is 8.54. The third kappa shape index (κ3) is 5.00. The fourth-order valence-corrected chi connectivity index (χ4v) is 3.00. The van der Waals surface area contributed by atoms with Crippen LogP contribution in [0.15, 0.2) is 58.2 Å². The van der Waals surface area contributed by atoms with Crippen LogP contribution in [-0.4, -0.2) is 39.0 Å². The Labute approximate surface area is 179 Å². The molecule has 2 aromatic carbocycles. The lowest BCUT2D eigenvalue weighted by atomic mass is 10.2. The second-order valence-corrected chi connectivity index (χ2v) is 6.98. The normalized spacial score (nSPS) is 10.9. The van der Waals surface area contributed by atoms with E-state index >= 15 is 0 Å². The number of phenolic OH excluding ortho intramolecular Hbond substituents is 1. The Balaban J connectivity index is 1.63. The molecule has 0 aliphatic heterocycles. The van der Waals surface area contributed by atoms with Gasteiger partial charge in [0.05, 0.1) is 24.8 Å². The minimum Gasteiger partial charge on any atom is -0.504 e. The number of amides is 1. The number of nitro benzene ring substituents is 1. The predicted molar refractivity (Wildman–Crippen MR) is 112 cm³/mol. The second kappa shape index (κ2) is 9.18. The van der Waals surface area contributed by atoms with Crippen LogP contribution in [0.1, 0.15) is 21.6 Å². The average Bonchev–Trinajstić information content (AvgIpc) is 3.19. The van der Waals surface area contributed by atoms with Crippen molar-refractivity contribution < 1.29 is 19.6 Å². The average molecular weight is 474 g/mol. The fraction of sp³-hybridized carbons (Fsp3) is 0.105. The number of hydrogen-bond acceptors (Lipinski definition) is 7. The molecule has 0 bridgehead atoms. The molecule has 11 heteroatoms. The minimum atomic E-state index is -0.532. The number of nitro groups is 1. The number of ether oxygens (including phenoxy) is 1. The summed E-state index contributed by atoms with van der Waals surface area (Å²) in [6.45, 7) is 0.347. The van der Waals surface area contributed by atoms with E-state index in [0.717, 1.165) is 5.56 Å². The number of halogens is 1. The van der Waals surface area contributed by atoms with Crippen molar-refractivity contribution in [3.63, 3.8) is 0 Å². The van der Waals surface area contributed by atoms with Crippen LogP contribution < -0.4 is 10.2 Å². The van der Waals surface area contributed by atoms with E-state index in [9.17, 15) is 20.0 Å². The van der Waals surface area contributed by atoms with Crippen LogP contribution in [0.2, 0.25) is 0 Å². The van der Waals surface area contributed by atoms with Crippen LogP contribution in [0, 0.1) is 10.1 Å². The maximum atomic E-state index is 12.2. The van der Waals surface area contributed by atoms with Crippen LogP contribution in [0.3, 0.4) is 0 Å². The summed E-state index contributed by atoms with van der Waals surface area (Å²) < 4.78 is 7.27. The topological polar surface area (TPSA) is 132 Å². The zero-order valence-electron chi connectivity index (χ0n) is 15.7. The summed E-state index contributed by atoms with van der Waals surface area (Å²) in [5, 5.41) is 28.8. The molecule has 0 unspecified atom stereocenters. The van der Waals surface area contributed by atoms with Gasteiger partial charge < -0.3 is 9.84 Å². The van der Waals surface area contributed by atoms with Gasteiger partial charge in [0, 0.05) is 28.4 Å². The summed E-state index contributed by atoms with van der Waals surface area (Å²) in [6.07, 6.45) is 2.90. The number of hydrogen-bond donors (Lipinski definition) is 2.